The fraction of sp³-hybridized carbons (Fsp3) is 0.231. The molecule has 6 heteroatoms. The highest BCUT2D eigenvalue weighted by atomic mass is 32.1. The summed E-state index contributed by atoms with van der Waals surface area (Å²) in [6.45, 7) is 2.35. The molecule has 0 saturated carbocycles. The number of nitrogens with zero attached hydrogens (tertiary/aromatic N) is 1. The molecule has 1 amide bonds. The van der Waals surface area contributed by atoms with E-state index in [1.165, 1.54) is 0 Å². The van der Waals surface area contributed by atoms with Gasteiger partial charge < -0.3 is 15.8 Å². The van der Waals surface area contributed by atoms with E-state index >= 15 is 0 Å². The molecule has 3 N–H and O–H groups in total. The van der Waals surface area contributed by atoms with Crippen LogP contribution in [-0.4, -0.2) is 17.5 Å². The maximum atomic E-state index is 11.6. The summed E-state index contributed by atoms with van der Waals surface area (Å²) in [6, 6.07) is 7.08. The van der Waals surface area contributed by atoms with E-state index in [1.807, 2.05) is 19.1 Å². The normalized spacial score (nSPS) is 10.2. The highest BCUT2D eigenvalue weighted by molar-refractivity contribution is 7.11. The number of nitrogens with one attached hydrogen (secondary N) is 1. The van der Waals surface area contributed by atoms with Gasteiger partial charge in [0.25, 0.3) is 5.91 Å². The largest absolute Gasteiger partial charge is 0.482 e. The molecule has 2 aromatic rings. The fourth-order valence-electron chi connectivity index (χ4n) is 1.48. The first-order valence-corrected chi connectivity index (χ1v) is 6.62. The molecule has 19 heavy (non-hydrogen) atoms. The van der Waals surface area contributed by atoms with Crippen molar-refractivity contribution in [1.82, 2.24) is 10.3 Å². The number of para-hydroxylation sites is 2. The van der Waals surface area contributed by atoms with Crippen molar-refractivity contribution in [2.75, 3.05) is 12.3 Å². The Kier molecular flexibility index (Phi) is 4.35. The van der Waals surface area contributed by atoms with Crippen LogP contribution >= 0.6 is 11.3 Å². The Hall–Kier alpha value is -2.08. The Balaban J connectivity index is 1.77. The van der Waals surface area contributed by atoms with Crippen molar-refractivity contribution in [3.05, 3.63) is 40.3 Å². The van der Waals surface area contributed by atoms with E-state index in [9.17, 15) is 4.79 Å². The maximum Gasteiger partial charge on any atom is 0.258 e. The molecule has 0 aliphatic rings. The van der Waals surface area contributed by atoms with E-state index in [0.717, 1.165) is 9.88 Å². The first kappa shape index (κ1) is 13.4. The molecule has 0 aliphatic heterocycles. The molecule has 5 nitrogen and oxygen atoms in total. The number of carbonyl (C=O) groups is 1. The second-order valence-electron chi connectivity index (χ2n) is 3.95. The average Bonchev–Trinajstić information content (AvgIpc) is 2.81. The number of aromatic nitrogens is 1. The van der Waals surface area contributed by atoms with E-state index in [-0.39, 0.29) is 12.5 Å². The van der Waals surface area contributed by atoms with Gasteiger partial charge in [0.1, 0.15) is 5.75 Å². The summed E-state index contributed by atoms with van der Waals surface area (Å²) < 4.78 is 5.34. The summed E-state index contributed by atoms with van der Waals surface area (Å²) in [6.07, 6.45) is 1.76. The van der Waals surface area contributed by atoms with Gasteiger partial charge in [-0.2, -0.15) is 0 Å². The molecule has 0 saturated heterocycles. The highest BCUT2D eigenvalue weighted by Crippen LogP contribution is 2.19. The van der Waals surface area contributed by atoms with Gasteiger partial charge in [0.05, 0.1) is 17.2 Å². The molecule has 1 heterocycles. The molecule has 1 aromatic heterocycles. The Labute approximate surface area is 115 Å². The summed E-state index contributed by atoms with van der Waals surface area (Å²) in [5.74, 6) is 0.334. The molecule has 100 valence electrons. The number of carbonyl (C=O) groups excluding carboxylic acids is 1. The van der Waals surface area contributed by atoms with Crippen LogP contribution in [0.1, 0.15) is 9.88 Å². The van der Waals surface area contributed by atoms with Crippen LogP contribution in [0.25, 0.3) is 0 Å². The minimum atomic E-state index is -0.186. The van der Waals surface area contributed by atoms with Crippen LogP contribution < -0.4 is 15.8 Å². The lowest BCUT2D eigenvalue weighted by atomic mass is 10.3. The third-order valence-electron chi connectivity index (χ3n) is 2.41. The molecule has 0 atom stereocenters. The van der Waals surface area contributed by atoms with Crippen molar-refractivity contribution in [3.63, 3.8) is 0 Å². The van der Waals surface area contributed by atoms with Gasteiger partial charge in [0, 0.05) is 11.1 Å². The molecule has 0 bridgehead atoms. The number of nitrogens with two attached hydrogens (primary N) is 1. The third kappa shape index (κ3) is 3.96. The summed E-state index contributed by atoms with van der Waals surface area (Å²) in [7, 11) is 0. The van der Waals surface area contributed by atoms with E-state index < -0.39 is 0 Å². The van der Waals surface area contributed by atoms with Gasteiger partial charge in [-0.05, 0) is 19.1 Å². The number of ether oxygens (including phenoxy) is 1. The van der Waals surface area contributed by atoms with E-state index in [0.29, 0.717) is 18.0 Å². The molecule has 0 aliphatic carbocycles. The highest BCUT2D eigenvalue weighted by Gasteiger charge is 2.05. The number of amides is 1. The number of hydrogen-bond acceptors (Lipinski definition) is 5. The van der Waals surface area contributed by atoms with Gasteiger partial charge in [0.2, 0.25) is 0 Å². The predicted octanol–water partition coefficient (Wildman–Crippen LogP) is 1.73. The van der Waals surface area contributed by atoms with Crippen LogP contribution in [0.4, 0.5) is 5.69 Å². The molecule has 0 radical (unpaired) electrons. The van der Waals surface area contributed by atoms with Gasteiger partial charge in [-0.25, -0.2) is 4.98 Å². The van der Waals surface area contributed by atoms with E-state index in [4.69, 9.17) is 10.5 Å². The quantitative estimate of drug-likeness (QED) is 0.816. The lowest BCUT2D eigenvalue weighted by Gasteiger charge is -2.08. The van der Waals surface area contributed by atoms with Crippen molar-refractivity contribution in [1.29, 1.82) is 0 Å². The first-order valence-electron chi connectivity index (χ1n) is 5.80. The lowest BCUT2D eigenvalue weighted by Crippen LogP contribution is -2.28. The number of rotatable bonds is 5. The van der Waals surface area contributed by atoms with Crippen molar-refractivity contribution < 1.29 is 9.53 Å². The summed E-state index contributed by atoms with van der Waals surface area (Å²) in [5, 5.41) is 3.75. The number of aryl methyl sites for hydroxylation is 1. The van der Waals surface area contributed by atoms with Gasteiger partial charge in [-0.15, -0.1) is 11.3 Å². The van der Waals surface area contributed by atoms with E-state index in [2.05, 4.69) is 10.3 Å². The summed E-state index contributed by atoms with van der Waals surface area (Å²) >= 11 is 1.56. The van der Waals surface area contributed by atoms with Gasteiger partial charge in [0.15, 0.2) is 6.61 Å². The number of hydrogen-bond donors (Lipinski definition) is 2. The molecule has 0 unspecified atom stereocenters. The standard InChI is InChI=1S/C13H15N3O2S/c1-9-15-6-10(19-9)7-16-13(17)8-18-12-5-3-2-4-11(12)14/h2-6H,7-8,14H2,1H3,(H,16,17). The van der Waals surface area contributed by atoms with Crippen molar-refractivity contribution in [2.45, 2.75) is 13.5 Å². The number of anilines is 1. The van der Waals surface area contributed by atoms with Crippen LogP contribution in [0.5, 0.6) is 5.75 Å². The van der Waals surface area contributed by atoms with Gasteiger partial charge in [-0.3, -0.25) is 4.79 Å². The molecule has 1 aromatic carbocycles. The van der Waals surface area contributed by atoms with Gasteiger partial charge >= 0.3 is 0 Å². The number of thiazole rings is 1. The Bertz CT molecular complexity index is 569. The number of benzene rings is 1. The zero-order chi connectivity index (χ0) is 13.7. The second kappa shape index (κ2) is 6.19. The van der Waals surface area contributed by atoms with Crippen molar-refractivity contribution >= 4 is 22.9 Å². The minimum Gasteiger partial charge on any atom is -0.482 e. The lowest BCUT2D eigenvalue weighted by molar-refractivity contribution is -0.123. The van der Waals surface area contributed by atoms with Gasteiger partial charge in [-0.1, -0.05) is 12.1 Å². The molecule has 2 rings (SSSR count). The van der Waals surface area contributed by atoms with Crippen molar-refractivity contribution in [3.8, 4) is 5.75 Å². The monoisotopic (exact) mass is 277 g/mol. The molecular weight excluding hydrogens is 262 g/mol. The van der Waals surface area contributed by atoms with E-state index in [1.54, 1.807) is 29.7 Å². The summed E-state index contributed by atoms with van der Waals surface area (Å²) in [4.78, 5) is 16.8. The smallest absolute Gasteiger partial charge is 0.258 e. The topological polar surface area (TPSA) is 77.2 Å². The Morgan fingerprint density at radius 2 is 2.26 bits per heavy atom. The SMILES string of the molecule is Cc1ncc(CNC(=O)COc2ccccc2N)s1. The second-order valence-corrected chi connectivity index (χ2v) is 5.27. The van der Waals surface area contributed by atoms with Crippen LogP contribution in [-0.2, 0) is 11.3 Å². The number of nitrogen functional groups attached to an aromatic ring is 1. The average molecular weight is 277 g/mol. The molecular formula is C13H15N3O2S. The zero-order valence-corrected chi connectivity index (χ0v) is 11.4. The van der Waals surface area contributed by atoms with Crippen molar-refractivity contribution in [2.24, 2.45) is 0 Å². The Morgan fingerprint density at radius 3 is 2.95 bits per heavy atom. The summed E-state index contributed by atoms with van der Waals surface area (Å²) in [5.41, 5.74) is 6.23. The molecule has 0 fully saturated rings. The first-order chi connectivity index (χ1) is 9.15. The maximum absolute atomic E-state index is 11.6. The van der Waals surface area contributed by atoms with Crippen LogP contribution in [0.3, 0.4) is 0 Å². The molecule has 0 spiro atoms. The predicted molar refractivity (Wildman–Crippen MR) is 75.0 cm³/mol. The Morgan fingerprint density at radius 1 is 1.47 bits per heavy atom. The van der Waals surface area contributed by atoms with Crippen LogP contribution in [0.15, 0.2) is 30.5 Å². The third-order valence-corrected chi connectivity index (χ3v) is 3.32. The van der Waals surface area contributed by atoms with Crippen LogP contribution in [0.2, 0.25) is 0 Å². The fourth-order valence-corrected chi connectivity index (χ4v) is 2.21. The minimum absolute atomic E-state index is 0.0496. The van der Waals surface area contributed by atoms with Crippen LogP contribution in [0, 0.1) is 6.92 Å². The zero-order valence-electron chi connectivity index (χ0n) is 10.6.